The molecule has 0 radical (unpaired) electrons. The van der Waals surface area contributed by atoms with E-state index in [0.29, 0.717) is 11.3 Å². The van der Waals surface area contributed by atoms with Crippen molar-refractivity contribution in [2.75, 3.05) is 4.72 Å². The second kappa shape index (κ2) is 5.86. The van der Waals surface area contributed by atoms with Crippen LogP contribution in [0.1, 0.15) is 14.7 Å². The van der Waals surface area contributed by atoms with E-state index in [0.717, 1.165) is 0 Å². The summed E-state index contributed by atoms with van der Waals surface area (Å²) in [6.45, 7) is 1.62. The van der Waals surface area contributed by atoms with Gasteiger partial charge in [0.05, 0.1) is 12.3 Å². The third-order valence-electron chi connectivity index (χ3n) is 2.87. The number of para-hydroxylation sites is 1. The summed E-state index contributed by atoms with van der Waals surface area (Å²) in [6.07, 6.45) is 4.04. The van der Waals surface area contributed by atoms with Crippen molar-refractivity contribution in [3.05, 3.63) is 53.0 Å². The topological polar surface area (TPSA) is 75.6 Å². The maximum Gasteiger partial charge on any atom is 0.258 e. The number of hydrogen-bond acceptors (Lipinski definition) is 4. The molecule has 1 atom stereocenters. The summed E-state index contributed by atoms with van der Waals surface area (Å²) in [5.41, 5.74) is 0.920. The third-order valence-corrected chi connectivity index (χ3v) is 4.34. The molecule has 0 saturated carbocycles. The van der Waals surface area contributed by atoms with Crippen LogP contribution in [0.5, 0.6) is 0 Å². The van der Waals surface area contributed by atoms with E-state index < -0.39 is 16.0 Å². The lowest BCUT2D eigenvalue weighted by atomic mass is 10.0. The van der Waals surface area contributed by atoms with Crippen molar-refractivity contribution < 1.29 is 14.6 Å². The zero-order valence-corrected chi connectivity index (χ0v) is 11.6. The first kappa shape index (κ1) is 12.8. The molecule has 0 saturated heterocycles. The van der Waals surface area contributed by atoms with Crippen molar-refractivity contribution in [2.24, 2.45) is 4.99 Å². The number of anilines is 1. The molecule has 1 aromatic carbocycles. The quantitative estimate of drug-likeness (QED) is 0.683. The van der Waals surface area contributed by atoms with E-state index in [4.69, 9.17) is 1.37 Å². The number of isocyanates is 1. The molecule has 1 aliphatic carbocycles. The molecule has 0 heterocycles. The van der Waals surface area contributed by atoms with Gasteiger partial charge in [-0.2, -0.15) is 4.99 Å². The van der Waals surface area contributed by atoms with Crippen molar-refractivity contribution in [1.29, 1.82) is 0 Å². The summed E-state index contributed by atoms with van der Waals surface area (Å²) in [5, 5.41) is 0. The number of benzene rings is 1. The molecule has 1 N–H and O–H groups in total. The first-order chi connectivity index (χ1) is 9.87. The van der Waals surface area contributed by atoms with Gasteiger partial charge >= 0.3 is 0 Å². The van der Waals surface area contributed by atoms with Crippen molar-refractivity contribution >= 4 is 21.8 Å². The van der Waals surface area contributed by atoms with Crippen molar-refractivity contribution in [2.45, 2.75) is 19.4 Å². The highest BCUT2D eigenvalue weighted by atomic mass is 32.2. The first-order valence-electron chi connectivity index (χ1n) is 6.42. The van der Waals surface area contributed by atoms with E-state index in [1.165, 1.54) is 18.2 Å². The van der Waals surface area contributed by atoms with Gasteiger partial charge in [0.1, 0.15) is 0 Å². The molecule has 0 aliphatic heterocycles. The molecule has 1 unspecified atom stereocenters. The zero-order chi connectivity index (χ0) is 15.5. The lowest BCUT2D eigenvalue weighted by molar-refractivity contribution is 0.558. The Morgan fingerprint density at radius 2 is 2.05 bits per heavy atom. The monoisotopic (exact) mass is 291 g/mol. The highest BCUT2D eigenvalue weighted by Gasteiger charge is 2.24. The van der Waals surface area contributed by atoms with Crippen LogP contribution in [0.3, 0.4) is 0 Å². The Balaban J connectivity index is 2.32. The fourth-order valence-corrected chi connectivity index (χ4v) is 2.92. The Bertz CT molecular complexity index is 750. The summed E-state index contributed by atoms with van der Waals surface area (Å²) in [7, 11) is -3.79. The number of nitrogens with one attached hydrogen (secondary N) is 1. The first-order valence-corrected chi connectivity index (χ1v) is 7.40. The summed E-state index contributed by atoms with van der Waals surface area (Å²) >= 11 is 0. The van der Waals surface area contributed by atoms with E-state index in [-0.39, 0.29) is 11.3 Å². The molecule has 2 rings (SSSR count). The number of nitrogens with zero attached hydrogens (tertiary/aromatic N) is 1. The van der Waals surface area contributed by atoms with Gasteiger partial charge in [0, 0.05) is 12.1 Å². The van der Waals surface area contributed by atoms with Crippen LogP contribution in [0.15, 0.2) is 58.0 Å². The largest absolute Gasteiger partial charge is 0.280 e. The number of rotatable bonds is 4. The second-order valence-corrected chi connectivity index (χ2v) is 6.02. The minimum atomic E-state index is -3.79. The lowest BCUT2D eigenvalue weighted by Crippen LogP contribution is -2.21. The van der Waals surface area contributed by atoms with Crippen LogP contribution in [0, 0.1) is 0 Å². The average Bonchev–Trinajstić information content (AvgIpc) is 2.43. The van der Waals surface area contributed by atoms with Gasteiger partial charge in [-0.15, -0.1) is 0 Å². The van der Waals surface area contributed by atoms with E-state index in [1.54, 1.807) is 37.3 Å². The Labute approximate surface area is 119 Å². The van der Waals surface area contributed by atoms with E-state index in [2.05, 4.69) is 9.71 Å². The highest BCUT2D eigenvalue weighted by molar-refractivity contribution is 7.96. The molecule has 6 heteroatoms. The molecule has 104 valence electrons. The van der Waals surface area contributed by atoms with Crippen molar-refractivity contribution in [1.82, 2.24) is 0 Å². The Morgan fingerprint density at radius 3 is 2.70 bits per heavy atom. The molecule has 0 aromatic heterocycles. The predicted octanol–water partition coefficient (Wildman–Crippen LogP) is 2.37. The SMILES string of the molecule is [2H]C1(N=C=O)CC(S(=O)(=O)Nc2ccccc2)=CC=C1C. The van der Waals surface area contributed by atoms with Crippen LogP contribution in [0.25, 0.3) is 0 Å². The van der Waals surface area contributed by atoms with Crippen LogP contribution in [0.4, 0.5) is 5.69 Å². The van der Waals surface area contributed by atoms with Gasteiger partial charge in [-0.3, -0.25) is 4.72 Å². The van der Waals surface area contributed by atoms with Crippen LogP contribution >= 0.6 is 0 Å². The molecule has 0 spiro atoms. The van der Waals surface area contributed by atoms with Crippen molar-refractivity contribution in [3.8, 4) is 0 Å². The molecule has 0 bridgehead atoms. The molecular weight excluding hydrogens is 276 g/mol. The number of aliphatic imine (C=N–C) groups is 1. The van der Waals surface area contributed by atoms with Crippen LogP contribution in [-0.4, -0.2) is 20.5 Å². The molecule has 0 fully saturated rings. The smallest absolute Gasteiger partial charge is 0.258 e. The number of carbonyl (C=O) groups excluding carboxylic acids is 1. The third kappa shape index (κ3) is 3.23. The van der Waals surface area contributed by atoms with Gasteiger partial charge in [0.15, 0.2) is 0 Å². The summed E-state index contributed by atoms with van der Waals surface area (Å²) in [6, 6.07) is 6.83. The van der Waals surface area contributed by atoms with Gasteiger partial charge in [-0.1, -0.05) is 24.3 Å². The van der Waals surface area contributed by atoms with Gasteiger partial charge in [-0.25, -0.2) is 13.2 Å². The molecular formula is C14H14N2O3S. The number of allylic oxidation sites excluding steroid dienone is 2. The zero-order valence-electron chi connectivity index (χ0n) is 11.8. The number of hydrogen-bond donors (Lipinski definition) is 1. The van der Waals surface area contributed by atoms with Gasteiger partial charge in [0.2, 0.25) is 6.08 Å². The van der Waals surface area contributed by atoms with Gasteiger partial charge in [-0.05, 0) is 30.7 Å². The van der Waals surface area contributed by atoms with Crippen LogP contribution in [-0.2, 0) is 14.8 Å². The summed E-state index contributed by atoms with van der Waals surface area (Å²) < 4.78 is 35.2. The molecule has 1 aromatic rings. The van der Waals surface area contributed by atoms with Gasteiger partial charge < -0.3 is 0 Å². The normalized spacial score (nSPS) is 22.9. The van der Waals surface area contributed by atoms with Crippen molar-refractivity contribution in [3.63, 3.8) is 0 Å². The Morgan fingerprint density at radius 1 is 1.35 bits per heavy atom. The Kier molecular flexibility index (Phi) is 3.76. The van der Waals surface area contributed by atoms with Gasteiger partial charge in [0.25, 0.3) is 10.0 Å². The molecule has 20 heavy (non-hydrogen) atoms. The standard InChI is InChI=1S/C14H14N2O3S/c1-11-7-8-13(9-14(11)15-10-17)20(18,19)16-12-5-3-2-4-6-12/h2-8,14,16H,9H2,1H3/i14D. The fourth-order valence-electron chi connectivity index (χ4n) is 1.77. The molecule has 5 nitrogen and oxygen atoms in total. The summed E-state index contributed by atoms with van der Waals surface area (Å²) in [5.74, 6) is 0. The maximum atomic E-state index is 12.3. The molecule has 0 amide bonds. The van der Waals surface area contributed by atoms with Crippen LogP contribution < -0.4 is 4.72 Å². The minimum Gasteiger partial charge on any atom is -0.280 e. The second-order valence-electron chi connectivity index (χ2n) is 4.28. The van der Waals surface area contributed by atoms with E-state index in [9.17, 15) is 13.2 Å². The summed E-state index contributed by atoms with van der Waals surface area (Å²) in [4.78, 5) is 13.9. The maximum absolute atomic E-state index is 12.3. The molecule has 1 aliphatic rings. The highest BCUT2D eigenvalue weighted by Crippen LogP contribution is 2.26. The minimum absolute atomic E-state index is 0.00551. The van der Waals surface area contributed by atoms with E-state index in [1.807, 2.05) is 0 Å². The Hall–Kier alpha value is -2.17. The predicted molar refractivity (Wildman–Crippen MR) is 77.4 cm³/mol. The van der Waals surface area contributed by atoms with E-state index >= 15 is 0 Å². The lowest BCUT2D eigenvalue weighted by Gasteiger charge is -2.19. The van der Waals surface area contributed by atoms with Crippen LogP contribution in [0.2, 0.25) is 0 Å². The number of sulfonamides is 1. The average molecular weight is 291 g/mol. The fraction of sp³-hybridized carbons (Fsp3) is 0.214.